The van der Waals surface area contributed by atoms with Gasteiger partial charge in [-0.3, -0.25) is 9.59 Å². The van der Waals surface area contributed by atoms with Crippen molar-refractivity contribution in [2.75, 3.05) is 0 Å². The summed E-state index contributed by atoms with van der Waals surface area (Å²) in [6, 6.07) is 0. The van der Waals surface area contributed by atoms with Crippen LogP contribution in [0.2, 0.25) is 0 Å². The zero-order valence-corrected chi connectivity index (χ0v) is 25.4. The zero-order chi connectivity index (χ0) is 27.7. The van der Waals surface area contributed by atoms with Crippen LogP contribution in [-0.2, 0) is 19.1 Å². The van der Waals surface area contributed by atoms with Crippen LogP contribution in [0.3, 0.4) is 0 Å². The molecule has 2 rings (SSSR count). The van der Waals surface area contributed by atoms with E-state index in [0.717, 1.165) is 83.5 Å². The molecule has 2 N–H and O–H groups in total. The second-order valence-electron chi connectivity index (χ2n) is 13.3. The SMILES string of the molecule is CCC1(CC)CC(OC(=O)CCCCCCCC(=O)OC2CC(C)(C)NC(CC)(CC)C2)CC(C)(C)N1. The van der Waals surface area contributed by atoms with Crippen molar-refractivity contribution in [3.63, 3.8) is 0 Å². The molecule has 2 saturated heterocycles. The van der Waals surface area contributed by atoms with Gasteiger partial charge in [0.25, 0.3) is 0 Å². The van der Waals surface area contributed by atoms with E-state index in [-0.39, 0.29) is 46.3 Å². The van der Waals surface area contributed by atoms with Crippen molar-refractivity contribution in [2.24, 2.45) is 0 Å². The molecular formula is C31H58N2O4. The summed E-state index contributed by atoms with van der Waals surface area (Å²) in [4.78, 5) is 25.0. The number of carbonyl (C=O) groups is 2. The number of ether oxygens (including phenoxy) is 2. The highest BCUT2D eigenvalue weighted by Crippen LogP contribution is 2.36. The zero-order valence-electron chi connectivity index (χ0n) is 25.4. The van der Waals surface area contributed by atoms with E-state index in [1.165, 1.54) is 0 Å². The Labute approximate surface area is 227 Å². The van der Waals surface area contributed by atoms with E-state index in [1.54, 1.807) is 0 Å². The molecule has 0 aliphatic carbocycles. The third-order valence-electron chi connectivity index (χ3n) is 8.99. The summed E-state index contributed by atoms with van der Waals surface area (Å²) in [6.45, 7) is 17.7. The van der Waals surface area contributed by atoms with Gasteiger partial charge in [-0.05, 0) is 66.2 Å². The molecule has 0 saturated carbocycles. The van der Waals surface area contributed by atoms with E-state index in [9.17, 15) is 9.59 Å². The fourth-order valence-corrected chi connectivity index (χ4v) is 6.95. The maximum absolute atomic E-state index is 12.5. The lowest BCUT2D eigenvalue weighted by molar-refractivity contribution is -0.154. The van der Waals surface area contributed by atoms with Crippen molar-refractivity contribution in [3.05, 3.63) is 0 Å². The van der Waals surface area contributed by atoms with Crippen molar-refractivity contribution in [1.82, 2.24) is 10.6 Å². The van der Waals surface area contributed by atoms with Crippen molar-refractivity contribution in [2.45, 2.75) is 186 Å². The van der Waals surface area contributed by atoms with Gasteiger partial charge in [-0.2, -0.15) is 0 Å². The first-order valence-electron chi connectivity index (χ1n) is 15.3. The van der Waals surface area contributed by atoms with Crippen LogP contribution < -0.4 is 10.6 Å². The van der Waals surface area contributed by atoms with Gasteiger partial charge in [-0.1, -0.05) is 47.0 Å². The Hall–Kier alpha value is -1.14. The van der Waals surface area contributed by atoms with Crippen LogP contribution >= 0.6 is 0 Å². The van der Waals surface area contributed by atoms with Crippen LogP contribution in [0.1, 0.15) is 152 Å². The van der Waals surface area contributed by atoms with Gasteiger partial charge >= 0.3 is 11.9 Å². The molecule has 2 aliphatic heterocycles. The molecule has 6 heteroatoms. The third kappa shape index (κ3) is 10.2. The molecule has 0 spiro atoms. The largest absolute Gasteiger partial charge is 0.462 e. The predicted octanol–water partition coefficient (Wildman–Crippen LogP) is 6.98. The van der Waals surface area contributed by atoms with Crippen molar-refractivity contribution in [3.8, 4) is 0 Å². The summed E-state index contributed by atoms with van der Waals surface area (Å²) in [7, 11) is 0. The van der Waals surface area contributed by atoms with E-state index < -0.39 is 0 Å². The Morgan fingerprint density at radius 2 is 0.919 bits per heavy atom. The molecule has 2 fully saturated rings. The van der Waals surface area contributed by atoms with Crippen LogP contribution in [0, 0.1) is 0 Å². The molecule has 0 aromatic heterocycles. The van der Waals surface area contributed by atoms with Gasteiger partial charge in [0.05, 0.1) is 0 Å². The molecule has 6 nitrogen and oxygen atoms in total. The molecule has 2 aliphatic rings. The minimum atomic E-state index is -0.0625. The Morgan fingerprint density at radius 3 is 1.24 bits per heavy atom. The summed E-state index contributed by atoms with van der Waals surface area (Å²) < 4.78 is 11.8. The molecule has 0 bridgehead atoms. The highest BCUT2D eigenvalue weighted by atomic mass is 16.5. The van der Waals surface area contributed by atoms with Gasteiger partial charge < -0.3 is 20.1 Å². The summed E-state index contributed by atoms with van der Waals surface area (Å²) in [5.74, 6) is -0.125. The highest BCUT2D eigenvalue weighted by molar-refractivity contribution is 5.70. The normalized spacial score (nSPS) is 25.8. The van der Waals surface area contributed by atoms with Gasteiger partial charge in [0.2, 0.25) is 0 Å². The number of carbonyl (C=O) groups excluding carboxylic acids is 2. The molecule has 2 heterocycles. The molecule has 0 radical (unpaired) electrons. The van der Waals surface area contributed by atoms with E-state index in [2.05, 4.69) is 66.0 Å². The van der Waals surface area contributed by atoms with Crippen LogP contribution in [0.5, 0.6) is 0 Å². The van der Waals surface area contributed by atoms with Crippen LogP contribution in [-0.4, -0.2) is 46.3 Å². The summed E-state index contributed by atoms with van der Waals surface area (Å²) in [5.41, 5.74) is 0.0885. The fourth-order valence-electron chi connectivity index (χ4n) is 6.95. The van der Waals surface area contributed by atoms with Gasteiger partial charge in [0, 0.05) is 60.7 Å². The van der Waals surface area contributed by atoms with Gasteiger partial charge in [-0.25, -0.2) is 0 Å². The summed E-state index contributed by atoms with van der Waals surface area (Å²) in [5, 5.41) is 7.59. The summed E-state index contributed by atoms with van der Waals surface area (Å²) >= 11 is 0. The Balaban J connectivity index is 1.61. The Kier molecular flexibility index (Phi) is 11.9. The molecule has 0 aromatic carbocycles. The molecule has 0 amide bonds. The number of hydrogen-bond donors (Lipinski definition) is 2. The smallest absolute Gasteiger partial charge is 0.306 e. The van der Waals surface area contributed by atoms with Crippen LogP contribution in [0.15, 0.2) is 0 Å². The van der Waals surface area contributed by atoms with Crippen LogP contribution in [0.25, 0.3) is 0 Å². The minimum Gasteiger partial charge on any atom is -0.462 e. The molecule has 2 atom stereocenters. The number of unbranched alkanes of at least 4 members (excludes halogenated alkanes) is 4. The Bertz CT molecular complexity index is 665. The first-order valence-corrected chi connectivity index (χ1v) is 15.3. The number of piperidine rings is 2. The van der Waals surface area contributed by atoms with E-state index in [0.29, 0.717) is 12.8 Å². The lowest BCUT2D eigenvalue weighted by atomic mass is 9.76. The maximum Gasteiger partial charge on any atom is 0.306 e. The number of hydrogen-bond acceptors (Lipinski definition) is 6. The van der Waals surface area contributed by atoms with Crippen molar-refractivity contribution < 1.29 is 19.1 Å². The topological polar surface area (TPSA) is 76.7 Å². The van der Waals surface area contributed by atoms with Crippen LogP contribution in [0.4, 0.5) is 0 Å². The molecule has 216 valence electrons. The lowest BCUT2D eigenvalue weighted by Crippen LogP contribution is -2.62. The monoisotopic (exact) mass is 522 g/mol. The molecular weight excluding hydrogens is 464 g/mol. The van der Waals surface area contributed by atoms with Crippen molar-refractivity contribution >= 4 is 11.9 Å². The molecule has 37 heavy (non-hydrogen) atoms. The van der Waals surface area contributed by atoms with Gasteiger partial charge in [0.1, 0.15) is 12.2 Å². The van der Waals surface area contributed by atoms with E-state index in [4.69, 9.17) is 9.47 Å². The first kappa shape index (κ1) is 32.1. The van der Waals surface area contributed by atoms with Gasteiger partial charge in [0.15, 0.2) is 0 Å². The molecule has 2 unspecified atom stereocenters. The quantitative estimate of drug-likeness (QED) is 0.189. The van der Waals surface area contributed by atoms with Crippen molar-refractivity contribution in [1.29, 1.82) is 0 Å². The average Bonchev–Trinajstić information content (AvgIpc) is 2.81. The highest BCUT2D eigenvalue weighted by Gasteiger charge is 2.43. The second kappa shape index (κ2) is 13.8. The fraction of sp³-hybridized carbons (Fsp3) is 0.935. The Morgan fingerprint density at radius 1 is 0.595 bits per heavy atom. The van der Waals surface area contributed by atoms with Gasteiger partial charge in [-0.15, -0.1) is 0 Å². The molecule has 0 aromatic rings. The summed E-state index contributed by atoms with van der Waals surface area (Å²) in [6.07, 6.45) is 13.4. The standard InChI is InChI=1S/C31H58N2O4/c1-9-30(10-2)22-24(20-28(5,6)32-30)36-26(34)18-16-14-13-15-17-19-27(35)37-25-21-29(7,8)33-31(11-3,12-4)23-25/h24-25,32-33H,9-23H2,1-8H3. The minimum absolute atomic E-state index is 0.00000552. The number of rotatable bonds is 14. The second-order valence-corrected chi connectivity index (χ2v) is 13.3. The van der Waals surface area contributed by atoms with E-state index in [1.807, 2.05) is 0 Å². The number of esters is 2. The average molecular weight is 523 g/mol. The lowest BCUT2D eigenvalue weighted by Gasteiger charge is -2.49. The predicted molar refractivity (Wildman–Crippen MR) is 152 cm³/mol. The van der Waals surface area contributed by atoms with E-state index >= 15 is 0 Å². The maximum atomic E-state index is 12.5. The third-order valence-corrected chi connectivity index (χ3v) is 8.99. The first-order chi connectivity index (χ1) is 17.3. The number of nitrogens with one attached hydrogen (secondary N) is 2.